The number of ether oxygens (including phenoxy) is 2. The molecule has 54 valence electrons. The van der Waals surface area contributed by atoms with E-state index in [1.165, 1.54) is 25.0 Å². The van der Waals surface area contributed by atoms with Gasteiger partial charge < -0.3 is 9.47 Å². The molecule has 0 amide bonds. The van der Waals surface area contributed by atoms with E-state index in [2.05, 4.69) is 9.47 Å². The lowest BCUT2D eigenvalue weighted by Gasteiger charge is -1.94. The quantitative estimate of drug-likeness (QED) is 0.391. The molecule has 1 aliphatic rings. The second-order valence-corrected chi connectivity index (χ2v) is 1.09. The maximum absolute atomic E-state index is 8.81. The molecule has 0 radical (unpaired) electrons. The molecular weight excluding hydrogens is 136 g/mol. The normalized spacial score (nSPS) is 11.6. The summed E-state index contributed by atoms with van der Waals surface area (Å²) in [6.45, 7) is 0. The van der Waals surface area contributed by atoms with Crippen molar-refractivity contribution in [3.63, 3.8) is 0 Å². The van der Waals surface area contributed by atoms with Gasteiger partial charge in [0.15, 0.2) is 12.6 Å². The number of rotatable bonds is 1. The van der Waals surface area contributed by atoms with E-state index in [-0.39, 0.29) is 12.6 Å². The summed E-state index contributed by atoms with van der Waals surface area (Å²) in [4.78, 5) is 17.6. The Kier molecular flexibility index (Phi) is 6.25. The lowest BCUT2D eigenvalue weighted by molar-refractivity contribution is -0.122. The summed E-state index contributed by atoms with van der Waals surface area (Å²) in [7, 11) is 0. The van der Waals surface area contributed by atoms with E-state index in [1.54, 1.807) is 0 Å². The fourth-order valence-corrected chi connectivity index (χ4v) is 0.219. The van der Waals surface area contributed by atoms with Crippen molar-refractivity contribution in [2.45, 2.75) is 0 Å². The van der Waals surface area contributed by atoms with Crippen molar-refractivity contribution < 1.29 is 19.1 Å². The van der Waals surface area contributed by atoms with E-state index < -0.39 is 0 Å². The second kappa shape index (κ2) is 7.42. The maximum atomic E-state index is 8.81. The fraction of sp³-hybridized carbons (Fsp3) is 0. The van der Waals surface area contributed by atoms with Crippen LogP contribution in [-0.4, -0.2) is 12.6 Å². The van der Waals surface area contributed by atoms with Gasteiger partial charge >= 0.3 is 0 Å². The molecule has 0 saturated heterocycles. The third kappa shape index (κ3) is 6.42. The van der Waals surface area contributed by atoms with Crippen LogP contribution in [0, 0.1) is 0 Å². The van der Waals surface area contributed by atoms with Gasteiger partial charge in [0.2, 0.25) is 0 Å². The van der Waals surface area contributed by atoms with Crippen LogP contribution in [0.3, 0.4) is 0 Å². The Morgan fingerprint density at radius 2 is 1.10 bits per heavy atom. The van der Waals surface area contributed by atoms with E-state index in [1.807, 2.05) is 0 Å². The van der Waals surface area contributed by atoms with Crippen molar-refractivity contribution in [1.29, 1.82) is 0 Å². The van der Waals surface area contributed by atoms with Crippen LogP contribution in [0.25, 0.3) is 0 Å². The van der Waals surface area contributed by atoms with E-state index in [0.29, 0.717) is 0 Å². The number of hydrogen-bond acceptors (Lipinski definition) is 4. The SMILES string of the molecule is C1=COC=CO1.O=CC=O. The molecule has 1 rings (SSSR count). The Bertz CT molecular complexity index is 122. The Hall–Kier alpha value is -1.58. The molecule has 1 aliphatic heterocycles. The van der Waals surface area contributed by atoms with E-state index >= 15 is 0 Å². The summed E-state index contributed by atoms with van der Waals surface area (Å²) in [6.07, 6.45) is 6.22. The Labute approximate surface area is 57.7 Å². The van der Waals surface area contributed by atoms with Crippen molar-refractivity contribution in [1.82, 2.24) is 0 Å². The first-order valence-electron chi connectivity index (χ1n) is 2.41. The highest BCUT2D eigenvalue weighted by atomic mass is 16.5. The lowest BCUT2D eigenvalue weighted by Crippen LogP contribution is -1.74. The second-order valence-electron chi connectivity index (χ2n) is 1.09. The molecule has 4 nitrogen and oxygen atoms in total. The van der Waals surface area contributed by atoms with Crippen molar-refractivity contribution in [2.24, 2.45) is 0 Å². The fourth-order valence-electron chi connectivity index (χ4n) is 0.219. The highest BCUT2D eigenvalue weighted by Crippen LogP contribution is 1.89. The number of aldehydes is 2. The summed E-state index contributed by atoms with van der Waals surface area (Å²) in [6, 6.07) is 0. The number of hydrogen-bond donors (Lipinski definition) is 0. The highest BCUT2D eigenvalue weighted by molar-refractivity contribution is 6.09. The molecule has 0 atom stereocenters. The van der Waals surface area contributed by atoms with Crippen LogP contribution in [0.1, 0.15) is 0 Å². The summed E-state index contributed by atoms with van der Waals surface area (Å²) < 4.78 is 9.17. The molecule has 0 aromatic carbocycles. The van der Waals surface area contributed by atoms with Gasteiger partial charge in [-0.1, -0.05) is 0 Å². The summed E-state index contributed by atoms with van der Waals surface area (Å²) in [5, 5.41) is 0. The highest BCUT2D eigenvalue weighted by Gasteiger charge is 1.74. The minimum absolute atomic E-state index is 0.194. The number of carbonyl (C=O) groups is 2. The molecule has 0 bridgehead atoms. The average Bonchev–Trinajstić information content (AvgIpc) is 2.08. The first-order chi connectivity index (χ1) is 4.91. The van der Waals surface area contributed by atoms with Crippen LogP contribution < -0.4 is 0 Å². The van der Waals surface area contributed by atoms with Gasteiger partial charge in [-0.25, -0.2) is 0 Å². The molecule has 0 spiro atoms. The minimum Gasteiger partial charge on any atom is -0.466 e. The summed E-state index contributed by atoms with van der Waals surface area (Å²) in [5.41, 5.74) is 0. The zero-order chi connectivity index (χ0) is 7.66. The molecule has 0 saturated carbocycles. The molecule has 4 heteroatoms. The molecule has 0 aromatic heterocycles. The largest absolute Gasteiger partial charge is 0.466 e. The molecule has 0 N–H and O–H groups in total. The molecular formula is C6H6O4. The van der Waals surface area contributed by atoms with Gasteiger partial charge in [0.25, 0.3) is 0 Å². The van der Waals surface area contributed by atoms with Crippen LogP contribution in [0.2, 0.25) is 0 Å². The molecule has 0 aromatic rings. The zero-order valence-corrected chi connectivity index (χ0v) is 5.10. The van der Waals surface area contributed by atoms with E-state index in [0.717, 1.165) is 0 Å². The van der Waals surface area contributed by atoms with Crippen molar-refractivity contribution in [3.05, 3.63) is 25.0 Å². The summed E-state index contributed by atoms with van der Waals surface area (Å²) >= 11 is 0. The van der Waals surface area contributed by atoms with Crippen LogP contribution >= 0.6 is 0 Å². The van der Waals surface area contributed by atoms with Crippen LogP contribution in [0.5, 0.6) is 0 Å². The number of carbonyl (C=O) groups excluding carboxylic acids is 2. The maximum Gasteiger partial charge on any atom is 0.182 e. The van der Waals surface area contributed by atoms with Crippen molar-refractivity contribution >= 4 is 12.6 Å². The molecule has 0 fully saturated rings. The standard InChI is InChI=1S/C4H4O2.C2H2O2/c1-2-6-4-3-5-1;3-1-2-4/h1-4H;1-2H. The Morgan fingerprint density at radius 3 is 1.20 bits per heavy atom. The lowest BCUT2D eigenvalue weighted by atomic mass is 10.9. The van der Waals surface area contributed by atoms with Gasteiger partial charge in [0.1, 0.15) is 25.0 Å². The monoisotopic (exact) mass is 142 g/mol. The summed E-state index contributed by atoms with van der Waals surface area (Å²) in [5.74, 6) is 0. The Balaban J connectivity index is 0.000000180. The third-order valence-electron chi connectivity index (χ3n) is 0.481. The van der Waals surface area contributed by atoms with Crippen LogP contribution in [-0.2, 0) is 19.1 Å². The van der Waals surface area contributed by atoms with Crippen molar-refractivity contribution in [3.8, 4) is 0 Å². The minimum atomic E-state index is 0.194. The topological polar surface area (TPSA) is 52.6 Å². The average molecular weight is 142 g/mol. The molecule has 10 heavy (non-hydrogen) atoms. The molecule has 1 heterocycles. The van der Waals surface area contributed by atoms with Gasteiger partial charge in [0.05, 0.1) is 0 Å². The van der Waals surface area contributed by atoms with Gasteiger partial charge in [-0.15, -0.1) is 0 Å². The smallest absolute Gasteiger partial charge is 0.182 e. The van der Waals surface area contributed by atoms with Crippen LogP contribution in [0.4, 0.5) is 0 Å². The van der Waals surface area contributed by atoms with Gasteiger partial charge in [0, 0.05) is 0 Å². The van der Waals surface area contributed by atoms with Gasteiger partial charge in [-0.2, -0.15) is 0 Å². The third-order valence-corrected chi connectivity index (χ3v) is 0.481. The molecule has 0 unspecified atom stereocenters. The van der Waals surface area contributed by atoms with E-state index in [9.17, 15) is 0 Å². The predicted octanol–water partition coefficient (Wildman–Crippen LogP) is 0.360. The van der Waals surface area contributed by atoms with Gasteiger partial charge in [-0.05, 0) is 0 Å². The molecule has 0 aliphatic carbocycles. The Morgan fingerprint density at radius 1 is 0.800 bits per heavy atom. The first kappa shape index (κ1) is 8.42. The van der Waals surface area contributed by atoms with E-state index in [4.69, 9.17) is 9.59 Å². The predicted molar refractivity (Wildman–Crippen MR) is 32.6 cm³/mol. The first-order valence-corrected chi connectivity index (χ1v) is 2.41. The zero-order valence-electron chi connectivity index (χ0n) is 5.10. The van der Waals surface area contributed by atoms with Crippen LogP contribution in [0.15, 0.2) is 25.0 Å². The van der Waals surface area contributed by atoms with Gasteiger partial charge in [-0.3, -0.25) is 9.59 Å². The van der Waals surface area contributed by atoms with Crippen molar-refractivity contribution in [2.75, 3.05) is 0 Å².